The lowest BCUT2D eigenvalue weighted by Crippen LogP contribution is -2.00. The van der Waals surface area contributed by atoms with Gasteiger partial charge in [-0.25, -0.2) is 15.0 Å². The first-order valence-corrected chi connectivity index (χ1v) is 21.8. The van der Waals surface area contributed by atoms with Crippen LogP contribution < -0.4 is 0 Å². The molecule has 4 heterocycles. The van der Waals surface area contributed by atoms with Crippen LogP contribution in [-0.2, 0) is 0 Å². The van der Waals surface area contributed by atoms with Crippen LogP contribution in [0.1, 0.15) is 0 Å². The molecule has 4 aromatic heterocycles. The zero-order valence-corrected chi connectivity index (χ0v) is 34.4. The highest BCUT2D eigenvalue weighted by molar-refractivity contribution is 7.26. The van der Waals surface area contributed by atoms with E-state index in [1.807, 2.05) is 72.0 Å². The third-order valence-electron chi connectivity index (χ3n) is 12.2. The lowest BCUT2D eigenvalue weighted by Gasteiger charge is -2.10. The zero-order chi connectivity index (χ0) is 41.4. The molecule has 9 aromatic carbocycles. The molecule has 0 amide bonds. The van der Waals surface area contributed by atoms with E-state index in [0.717, 1.165) is 77.3 Å². The number of nitrogens with zero attached hydrogens (tertiary/aromatic N) is 3. The zero-order valence-electron chi connectivity index (χ0n) is 33.6. The number of hydrogen-bond donors (Lipinski definition) is 0. The van der Waals surface area contributed by atoms with E-state index >= 15 is 0 Å². The lowest BCUT2D eigenvalue weighted by molar-refractivity contribution is 0.669. The Kier molecular flexibility index (Phi) is 8.01. The monoisotopic (exact) mass is 823 g/mol. The van der Waals surface area contributed by atoms with Crippen LogP contribution in [-0.4, -0.2) is 15.0 Å². The van der Waals surface area contributed by atoms with Crippen molar-refractivity contribution in [3.63, 3.8) is 0 Å². The van der Waals surface area contributed by atoms with E-state index < -0.39 is 0 Å². The second-order valence-corrected chi connectivity index (χ2v) is 17.0. The standard InChI is InChI=1S/C57H33N3O2S/c1-3-12-34(13-4-1)38-29-31-50-46(32-38)53-40(17-11-23-51(53)63-50)39-28-30-48-45(33-39)52-44(20-10-22-49(52)61-48)57-59-55(36-14-5-2-6-15-36)58-56(60-57)37-26-24-35(25-27-37)41-18-9-19-43-42-16-7-8-21-47(42)62-54(41)43/h1-33H. The topological polar surface area (TPSA) is 65.0 Å². The van der Waals surface area contributed by atoms with Gasteiger partial charge in [0.2, 0.25) is 0 Å². The Morgan fingerprint density at radius 3 is 1.73 bits per heavy atom. The minimum absolute atomic E-state index is 0.577. The Hall–Kier alpha value is -8.19. The molecule has 0 aliphatic heterocycles. The van der Waals surface area contributed by atoms with Crippen LogP contribution in [0, 0.1) is 0 Å². The maximum absolute atomic E-state index is 6.57. The Labute approximate surface area is 365 Å². The van der Waals surface area contributed by atoms with Crippen molar-refractivity contribution >= 4 is 75.4 Å². The quantitative estimate of drug-likeness (QED) is 0.167. The highest BCUT2D eigenvalue weighted by atomic mass is 32.1. The van der Waals surface area contributed by atoms with E-state index in [0.29, 0.717) is 17.5 Å². The molecule has 294 valence electrons. The van der Waals surface area contributed by atoms with Crippen LogP contribution >= 0.6 is 11.3 Å². The summed E-state index contributed by atoms with van der Waals surface area (Å²) >= 11 is 1.84. The highest BCUT2D eigenvalue weighted by Gasteiger charge is 2.20. The van der Waals surface area contributed by atoms with Crippen LogP contribution in [0.2, 0.25) is 0 Å². The van der Waals surface area contributed by atoms with Crippen molar-refractivity contribution in [3.8, 4) is 67.5 Å². The lowest BCUT2D eigenvalue weighted by atomic mass is 9.96. The molecule has 0 saturated carbocycles. The average Bonchev–Trinajstić information content (AvgIpc) is 4.05. The first-order chi connectivity index (χ1) is 31.2. The molecule has 63 heavy (non-hydrogen) atoms. The summed E-state index contributed by atoms with van der Waals surface area (Å²) in [6.45, 7) is 0. The average molecular weight is 824 g/mol. The molecule has 5 nitrogen and oxygen atoms in total. The third kappa shape index (κ3) is 5.87. The molecular weight excluding hydrogens is 791 g/mol. The van der Waals surface area contributed by atoms with Gasteiger partial charge >= 0.3 is 0 Å². The van der Waals surface area contributed by atoms with Gasteiger partial charge in [-0.1, -0.05) is 158 Å². The van der Waals surface area contributed by atoms with Gasteiger partial charge in [0.15, 0.2) is 17.5 Å². The van der Waals surface area contributed by atoms with E-state index in [2.05, 4.69) is 140 Å². The fourth-order valence-electron chi connectivity index (χ4n) is 9.17. The largest absolute Gasteiger partial charge is 0.456 e. The molecule has 0 fully saturated rings. The van der Waals surface area contributed by atoms with Gasteiger partial charge in [0.1, 0.15) is 22.3 Å². The summed E-state index contributed by atoms with van der Waals surface area (Å²) in [4.78, 5) is 15.5. The van der Waals surface area contributed by atoms with Gasteiger partial charge in [-0.05, 0) is 70.3 Å². The van der Waals surface area contributed by atoms with Crippen LogP contribution in [0.4, 0.5) is 0 Å². The fraction of sp³-hybridized carbons (Fsp3) is 0. The Balaban J connectivity index is 0.954. The maximum Gasteiger partial charge on any atom is 0.164 e. The van der Waals surface area contributed by atoms with Crippen molar-refractivity contribution < 1.29 is 8.83 Å². The minimum Gasteiger partial charge on any atom is -0.456 e. The predicted octanol–water partition coefficient (Wildman–Crippen LogP) is 16.0. The molecular formula is C57H33N3O2S. The SMILES string of the molecule is c1ccc(-c2ccc3sc4cccc(-c5ccc6oc7cccc(-c8nc(-c9ccccc9)nc(-c9ccc(-c%10cccc%11c%10oc%10ccccc%10%11)cc9)n8)c7c6c5)c4c3c2)cc1. The summed E-state index contributed by atoms with van der Waals surface area (Å²) < 4.78 is 15.5. The molecule has 6 heteroatoms. The van der Waals surface area contributed by atoms with Crippen molar-refractivity contribution in [1.82, 2.24) is 15.0 Å². The second kappa shape index (κ2) is 14.2. The highest BCUT2D eigenvalue weighted by Crippen LogP contribution is 2.44. The van der Waals surface area contributed by atoms with Gasteiger partial charge in [0, 0.05) is 64.0 Å². The van der Waals surface area contributed by atoms with E-state index in [1.54, 1.807) is 0 Å². The van der Waals surface area contributed by atoms with Crippen LogP contribution in [0.25, 0.3) is 132 Å². The van der Waals surface area contributed by atoms with Gasteiger partial charge in [-0.2, -0.15) is 0 Å². The van der Waals surface area contributed by atoms with E-state index in [9.17, 15) is 0 Å². The molecule has 13 aromatic rings. The van der Waals surface area contributed by atoms with Crippen LogP contribution in [0.15, 0.2) is 209 Å². The summed E-state index contributed by atoms with van der Waals surface area (Å²) in [6, 6.07) is 69.8. The third-order valence-corrected chi connectivity index (χ3v) is 13.3. The molecule has 0 aliphatic carbocycles. The Morgan fingerprint density at radius 1 is 0.302 bits per heavy atom. The number of aromatic nitrogens is 3. The maximum atomic E-state index is 6.57. The Bertz CT molecular complexity index is 3900. The molecule has 0 aliphatic rings. The number of hydrogen-bond acceptors (Lipinski definition) is 6. The Morgan fingerprint density at radius 2 is 0.889 bits per heavy atom. The van der Waals surface area contributed by atoms with E-state index in [1.165, 1.54) is 36.9 Å². The predicted molar refractivity (Wildman–Crippen MR) is 260 cm³/mol. The van der Waals surface area contributed by atoms with E-state index in [-0.39, 0.29) is 0 Å². The summed E-state index contributed by atoms with van der Waals surface area (Å²) in [5, 5.41) is 6.71. The van der Waals surface area contributed by atoms with Gasteiger partial charge in [0.05, 0.1) is 0 Å². The number of furan rings is 2. The van der Waals surface area contributed by atoms with Crippen molar-refractivity contribution in [2.24, 2.45) is 0 Å². The van der Waals surface area contributed by atoms with E-state index in [4.69, 9.17) is 23.8 Å². The van der Waals surface area contributed by atoms with Crippen molar-refractivity contribution in [2.45, 2.75) is 0 Å². The first-order valence-electron chi connectivity index (χ1n) is 21.0. The normalized spacial score (nSPS) is 11.8. The molecule has 0 atom stereocenters. The number of thiophene rings is 1. The van der Waals surface area contributed by atoms with Crippen molar-refractivity contribution in [3.05, 3.63) is 200 Å². The van der Waals surface area contributed by atoms with Crippen LogP contribution in [0.5, 0.6) is 0 Å². The van der Waals surface area contributed by atoms with Crippen molar-refractivity contribution in [1.29, 1.82) is 0 Å². The number of fused-ring (bicyclic) bond motifs is 9. The smallest absolute Gasteiger partial charge is 0.164 e. The molecule has 0 bridgehead atoms. The minimum atomic E-state index is 0.577. The van der Waals surface area contributed by atoms with Crippen molar-refractivity contribution in [2.75, 3.05) is 0 Å². The summed E-state index contributed by atoms with van der Waals surface area (Å²) in [5.41, 5.74) is 12.8. The number of benzene rings is 9. The van der Waals surface area contributed by atoms with Gasteiger partial charge in [-0.3, -0.25) is 0 Å². The molecule has 0 radical (unpaired) electrons. The first kappa shape index (κ1) is 35.6. The summed E-state index contributed by atoms with van der Waals surface area (Å²) in [5.74, 6) is 1.76. The van der Waals surface area contributed by atoms with Crippen LogP contribution in [0.3, 0.4) is 0 Å². The summed E-state index contributed by atoms with van der Waals surface area (Å²) in [7, 11) is 0. The van der Waals surface area contributed by atoms with Gasteiger partial charge in [0.25, 0.3) is 0 Å². The molecule has 0 spiro atoms. The number of rotatable bonds is 6. The summed E-state index contributed by atoms with van der Waals surface area (Å²) in [6.07, 6.45) is 0. The molecule has 0 saturated heterocycles. The molecule has 0 unspecified atom stereocenters. The van der Waals surface area contributed by atoms with Gasteiger partial charge in [-0.15, -0.1) is 11.3 Å². The number of para-hydroxylation sites is 2. The molecule has 13 rings (SSSR count). The molecule has 0 N–H and O–H groups in total. The van der Waals surface area contributed by atoms with Gasteiger partial charge < -0.3 is 8.83 Å². The second-order valence-electron chi connectivity index (χ2n) is 15.9. The fourth-order valence-corrected chi connectivity index (χ4v) is 10.3.